The van der Waals surface area contributed by atoms with Gasteiger partial charge in [-0.15, -0.1) is 0 Å². The number of ether oxygens (including phenoxy) is 4. The number of hydrogen-bond donors (Lipinski definition) is 0. The molecule has 0 aliphatic carbocycles. The average molecular weight is 522 g/mol. The van der Waals surface area contributed by atoms with E-state index in [2.05, 4.69) is 13.2 Å². The highest BCUT2D eigenvalue weighted by Gasteiger charge is 2.38. The fourth-order valence-electron chi connectivity index (χ4n) is 3.07. The maximum atomic E-state index is 13.7. The molecule has 0 N–H and O–H groups in total. The number of anilines is 1. The number of rotatable bonds is 10. The molecule has 0 unspecified atom stereocenters. The lowest BCUT2D eigenvalue weighted by molar-refractivity contribution is -0.138. The van der Waals surface area contributed by atoms with Crippen LogP contribution in [0.3, 0.4) is 0 Å². The van der Waals surface area contributed by atoms with E-state index in [-0.39, 0.29) is 30.9 Å². The predicted molar refractivity (Wildman–Crippen MR) is 133 cm³/mol. The van der Waals surface area contributed by atoms with Gasteiger partial charge in [0.15, 0.2) is 0 Å². The van der Waals surface area contributed by atoms with E-state index in [9.17, 15) is 22.8 Å². The fraction of sp³-hybridized carbons (Fsp3) is 0.333. The predicted octanol–water partition coefficient (Wildman–Crippen LogP) is 6.56. The van der Waals surface area contributed by atoms with E-state index in [1.165, 1.54) is 24.1 Å². The van der Waals surface area contributed by atoms with Crippen molar-refractivity contribution in [3.63, 3.8) is 0 Å². The Morgan fingerprint density at radius 3 is 2.11 bits per heavy atom. The number of carbonyl (C=O) groups excluding carboxylic acids is 2. The molecule has 0 aliphatic rings. The summed E-state index contributed by atoms with van der Waals surface area (Å²) in [7, 11) is 1.53. The zero-order valence-electron chi connectivity index (χ0n) is 21.2. The van der Waals surface area contributed by atoms with Crippen LogP contribution in [0.4, 0.5) is 23.7 Å². The van der Waals surface area contributed by atoms with Crippen LogP contribution in [0.5, 0.6) is 11.5 Å². The van der Waals surface area contributed by atoms with Crippen LogP contribution in [-0.2, 0) is 22.3 Å². The van der Waals surface area contributed by atoms with E-state index in [4.69, 9.17) is 18.9 Å². The lowest BCUT2D eigenvalue weighted by Crippen LogP contribution is -2.27. The number of halogens is 3. The topological polar surface area (TPSA) is 74.3 Å². The highest BCUT2D eigenvalue weighted by atomic mass is 19.4. The Bertz CT molecular complexity index is 1120. The van der Waals surface area contributed by atoms with Gasteiger partial charge in [-0.1, -0.05) is 31.4 Å². The van der Waals surface area contributed by atoms with Gasteiger partial charge in [0.25, 0.3) is 0 Å². The number of carbonyl (C=O) groups is 2. The minimum absolute atomic E-state index is 0.0655. The van der Waals surface area contributed by atoms with E-state index in [1.54, 1.807) is 45.0 Å². The first-order chi connectivity index (χ1) is 17.3. The Labute approximate surface area is 214 Å². The summed E-state index contributed by atoms with van der Waals surface area (Å²) < 4.78 is 62.6. The van der Waals surface area contributed by atoms with Gasteiger partial charge in [-0.05, 0) is 51.1 Å². The van der Waals surface area contributed by atoms with Crippen LogP contribution in [0, 0.1) is 0 Å². The number of nitrogens with zero attached hydrogens (tertiary/aromatic N) is 1. The van der Waals surface area contributed by atoms with Gasteiger partial charge in [-0.2, -0.15) is 13.2 Å². The average Bonchev–Trinajstić information content (AvgIpc) is 2.82. The van der Waals surface area contributed by atoms with Gasteiger partial charge in [0.2, 0.25) is 0 Å². The van der Waals surface area contributed by atoms with Crippen molar-refractivity contribution in [1.82, 2.24) is 0 Å². The molecule has 0 spiro atoms. The molecule has 0 aliphatic heterocycles. The van der Waals surface area contributed by atoms with Crippen molar-refractivity contribution in [2.45, 2.75) is 39.2 Å². The molecule has 200 valence electrons. The van der Waals surface area contributed by atoms with Gasteiger partial charge in [-0.3, -0.25) is 4.90 Å². The van der Waals surface area contributed by atoms with Crippen LogP contribution in [0.15, 0.2) is 61.7 Å². The van der Waals surface area contributed by atoms with Gasteiger partial charge in [0.1, 0.15) is 42.5 Å². The smallest absolute Gasteiger partial charge is 0.419 e. The van der Waals surface area contributed by atoms with Crippen molar-refractivity contribution in [2.75, 3.05) is 25.2 Å². The zero-order valence-corrected chi connectivity index (χ0v) is 21.2. The van der Waals surface area contributed by atoms with Crippen LogP contribution in [0.1, 0.15) is 42.3 Å². The van der Waals surface area contributed by atoms with Crippen LogP contribution in [0.2, 0.25) is 0 Å². The molecule has 2 aromatic rings. The van der Waals surface area contributed by atoms with Gasteiger partial charge >= 0.3 is 18.2 Å². The first kappa shape index (κ1) is 29.3. The first-order valence-corrected chi connectivity index (χ1v) is 11.2. The summed E-state index contributed by atoms with van der Waals surface area (Å²) >= 11 is 0. The molecule has 0 atom stereocenters. The van der Waals surface area contributed by atoms with Gasteiger partial charge in [0.05, 0.1) is 5.56 Å². The summed E-state index contributed by atoms with van der Waals surface area (Å²) in [6.45, 7) is 11.3. The van der Waals surface area contributed by atoms with Gasteiger partial charge < -0.3 is 18.9 Å². The minimum atomic E-state index is -4.78. The second-order valence-electron chi connectivity index (χ2n) is 8.78. The Morgan fingerprint density at radius 1 is 0.946 bits per heavy atom. The highest BCUT2D eigenvalue weighted by Crippen LogP contribution is 2.40. The Kier molecular flexibility index (Phi) is 9.76. The molecule has 0 heterocycles. The minimum Gasteiger partial charge on any atom is -0.489 e. The number of amides is 1. The maximum Gasteiger partial charge on any atom is 0.419 e. The third-order valence-electron chi connectivity index (χ3n) is 4.71. The summed E-state index contributed by atoms with van der Waals surface area (Å²) in [5.74, 6) is -1.29. The molecule has 0 saturated carbocycles. The summed E-state index contributed by atoms with van der Waals surface area (Å²) in [5, 5.41) is 0. The van der Waals surface area contributed by atoms with Gasteiger partial charge in [-0.25, -0.2) is 9.59 Å². The Hall–Kier alpha value is -3.95. The van der Waals surface area contributed by atoms with E-state index >= 15 is 0 Å². The molecule has 2 aromatic carbocycles. The lowest BCUT2D eigenvalue weighted by Gasteiger charge is -2.24. The third-order valence-corrected chi connectivity index (χ3v) is 4.71. The molecule has 1 amide bonds. The number of hydrogen-bond acceptors (Lipinski definition) is 6. The zero-order chi connectivity index (χ0) is 27.8. The summed E-state index contributed by atoms with van der Waals surface area (Å²) in [6, 6.07) is 8.33. The fourth-order valence-corrected chi connectivity index (χ4v) is 3.07. The molecular formula is C27H30F3NO6. The quantitative estimate of drug-likeness (QED) is 0.260. The summed E-state index contributed by atoms with van der Waals surface area (Å²) in [5.41, 5.74) is -1.81. The molecular weight excluding hydrogens is 491 g/mol. The molecule has 0 aromatic heterocycles. The normalized spacial score (nSPS) is 11.3. The molecule has 0 radical (unpaired) electrons. The molecule has 7 nitrogen and oxygen atoms in total. The van der Waals surface area contributed by atoms with Crippen molar-refractivity contribution in [1.29, 1.82) is 0 Å². The molecule has 0 saturated heterocycles. The van der Waals surface area contributed by atoms with E-state index < -0.39 is 35.2 Å². The monoisotopic (exact) mass is 521 g/mol. The summed E-state index contributed by atoms with van der Waals surface area (Å²) in [6.07, 6.45) is -2.63. The summed E-state index contributed by atoms with van der Waals surface area (Å²) in [4.78, 5) is 26.3. The Balaban J connectivity index is 2.38. The molecule has 0 bridgehead atoms. The standard InChI is InChI=1S/C27H30F3NO6/c1-7-15-34-23-21(27(28,29)30)14-9-18(22(23)24(32)37-26(3,4)5)17-36-20-12-10-19(11-13-20)31(6)25(33)35-16-8-2/h7-14H,1-2,15-17H2,3-6H3. The van der Waals surface area contributed by atoms with Crippen molar-refractivity contribution in [2.24, 2.45) is 0 Å². The third kappa shape index (κ3) is 8.30. The lowest BCUT2D eigenvalue weighted by atomic mass is 10.0. The van der Waals surface area contributed by atoms with Crippen LogP contribution < -0.4 is 14.4 Å². The van der Waals surface area contributed by atoms with E-state index in [1.807, 2.05) is 0 Å². The van der Waals surface area contributed by atoms with Crippen molar-refractivity contribution >= 4 is 17.7 Å². The number of benzene rings is 2. The largest absolute Gasteiger partial charge is 0.489 e. The van der Waals surface area contributed by atoms with E-state index in [0.717, 1.165) is 12.1 Å². The highest BCUT2D eigenvalue weighted by molar-refractivity contribution is 5.95. The number of alkyl halides is 3. The van der Waals surface area contributed by atoms with Crippen LogP contribution >= 0.6 is 0 Å². The SMILES string of the molecule is C=CCOC(=O)N(C)c1ccc(OCc2ccc(C(F)(F)F)c(OCC=C)c2C(=O)OC(C)(C)C)cc1. The van der Waals surface area contributed by atoms with Gasteiger partial charge in [0, 0.05) is 18.3 Å². The van der Waals surface area contributed by atoms with Crippen LogP contribution in [0.25, 0.3) is 0 Å². The molecule has 2 rings (SSSR count). The van der Waals surface area contributed by atoms with Crippen molar-refractivity contribution < 1.29 is 41.7 Å². The van der Waals surface area contributed by atoms with Crippen molar-refractivity contribution in [3.05, 3.63) is 78.4 Å². The van der Waals surface area contributed by atoms with E-state index in [0.29, 0.717) is 11.4 Å². The van der Waals surface area contributed by atoms with Crippen LogP contribution in [-0.4, -0.2) is 37.9 Å². The first-order valence-electron chi connectivity index (χ1n) is 11.2. The molecule has 37 heavy (non-hydrogen) atoms. The Morgan fingerprint density at radius 2 is 1.57 bits per heavy atom. The van der Waals surface area contributed by atoms with Crippen molar-refractivity contribution in [3.8, 4) is 11.5 Å². The second-order valence-corrected chi connectivity index (χ2v) is 8.78. The molecule has 0 fully saturated rings. The second kappa shape index (κ2) is 12.3. The maximum absolute atomic E-state index is 13.7. The number of esters is 1. The molecule has 10 heteroatoms.